The van der Waals surface area contributed by atoms with E-state index < -0.39 is 27.2 Å². The fourth-order valence-corrected chi connectivity index (χ4v) is 1.56. The SMILES string of the molecule is CCOCC(=O)Nc1cc(S(=O)C(F)(F)F)[nH]n1. The van der Waals surface area contributed by atoms with Crippen molar-refractivity contribution in [3.8, 4) is 0 Å². The predicted molar refractivity (Wildman–Crippen MR) is 56.2 cm³/mol. The van der Waals surface area contributed by atoms with Crippen molar-refractivity contribution in [1.29, 1.82) is 0 Å². The van der Waals surface area contributed by atoms with Crippen LogP contribution in [0.3, 0.4) is 0 Å². The molecule has 0 saturated carbocycles. The maximum atomic E-state index is 12.1. The van der Waals surface area contributed by atoms with Crippen LogP contribution >= 0.6 is 0 Å². The van der Waals surface area contributed by atoms with Crippen LogP contribution in [0, 0.1) is 0 Å². The number of anilines is 1. The van der Waals surface area contributed by atoms with Crippen LogP contribution in [0.25, 0.3) is 0 Å². The molecule has 1 rings (SSSR count). The molecule has 0 aliphatic heterocycles. The molecule has 0 spiro atoms. The van der Waals surface area contributed by atoms with Gasteiger partial charge in [-0.25, -0.2) is 4.21 Å². The van der Waals surface area contributed by atoms with Gasteiger partial charge in [-0.3, -0.25) is 9.89 Å². The van der Waals surface area contributed by atoms with Crippen molar-refractivity contribution in [2.75, 3.05) is 18.5 Å². The number of rotatable bonds is 5. The molecule has 6 nitrogen and oxygen atoms in total. The van der Waals surface area contributed by atoms with E-state index in [1.165, 1.54) is 0 Å². The van der Waals surface area contributed by atoms with E-state index in [2.05, 4.69) is 10.4 Å². The Kier molecular flexibility index (Phi) is 4.84. The minimum Gasteiger partial charge on any atom is -0.372 e. The van der Waals surface area contributed by atoms with E-state index in [9.17, 15) is 22.2 Å². The number of nitrogens with one attached hydrogen (secondary N) is 2. The van der Waals surface area contributed by atoms with Gasteiger partial charge in [0.25, 0.3) is 5.91 Å². The van der Waals surface area contributed by atoms with E-state index in [1.54, 1.807) is 6.92 Å². The molecule has 0 saturated heterocycles. The number of amides is 1. The minimum atomic E-state index is -4.88. The van der Waals surface area contributed by atoms with Crippen molar-refractivity contribution in [2.24, 2.45) is 0 Å². The molecule has 1 heterocycles. The first-order valence-electron chi connectivity index (χ1n) is 4.76. The van der Waals surface area contributed by atoms with Crippen molar-refractivity contribution in [1.82, 2.24) is 10.2 Å². The summed E-state index contributed by atoms with van der Waals surface area (Å²) in [6.45, 7) is 1.78. The van der Waals surface area contributed by atoms with Crippen molar-refractivity contribution in [2.45, 2.75) is 17.5 Å². The third-order valence-electron chi connectivity index (χ3n) is 1.67. The number of aromatic amines is 1. The smallest absolute Gasteiger partial charge is 0.372 e. The Balaban J connectivity index is 2.64. The van der Waals surface area contributed by atoms with Gasteiger partial charge in [0, 0.05) is 12.7 Å². The molecule has 0 aromatic carbocycles. The third-order valence-corrected chi connectivity index (χ3v) is 2.70. The Morgan fingerprint density at radius 3 is 2.83 bits per heavy atom. The zero-order chi connectivity index (χ0) is 13.8. The Morgan fingerprint density at radius 1 is 1.61 bits per heavy atom. The zero-order valence-corrected chi connectivity index (χ0v) is 10.0. The Hall–Kier alpha value is -1.42. The molecule has 18 heavy (non-hydrogen) atoms. The number of carbonyl (C=O) groups excluding carboxylic acids is 1. The Morgan fingerprint density at radius 2 is 2.28 bits per heavy atom. The number of ether oxygens (including phenoxy) is 1. The number of nitrogens with zero attached hydrogens (tertiary/aromatic N) is 1. The molecular weight excluding hydrogens is 275 g/mol. The fourth-order valence-electron chi connectivity index (χ4n) is 0.961. The average Bonchev–Trinajstić information content (AvgIpc) is 2.72. The van der Waals surface area contributed by atoms with E-state index in [0.717, 1.165) is 6.07 Å². The summed E-state index contributed by atoms with van der Waals surface area (Å²) in [6.07, 6.45) is 0. The van der Waals surface area contributed by atoms with Crippen molar-refractivity contribution < 1.29 is 26.9 Å². The predicted octanol–water partition coefficient (Wildman–Crippen LogP) is 1.01. The lowest BCUT2D eigenvalue weighted by atomic mass is 10.5. The second kappa shape index (κ2) is 5.96. The van der Waals surface area contributed by atoms with Crippen molar-refractivity contribution >= 4 is 22.5 Å². The highest BCUT2D eigenvalue weighted by Crippen LogP contribution is 2.25. The number of hydrogen-bond acceptors (Lipinski definition) is 4. The minimum absolute atomic E-state index is 0.146. The van der Waals surface area contributed by atoms with Crippen LogP contribution in [-0.4, -0.2) is 39.0 Å². The lowest BCUT2D eigenvalue weighted by Gasteiger charge is -2.02. The summed E-state index contributed by atoms with van der Waals surface area (Å²) < 4.78 is 52.1. The molecule has 10 heteroatoms. The number of carbonyl (C=O) groups is 1. The quantitative estimate of drug-likeness (QED) is 0.845. The van der Waals surface area contributed by atoms with E-state index in [-0.39, 0.29) is 12.4 Å². The molecule has 2 N–H and O–H groups in total. The molecule has 0 aliphatic carbocycles. The molecule has 1 aromatic heterocycles. The maximum Gasteiger partial charge on any atom is 0.477 e. The number of hydrogen-bond donors (Lipinski definition) is 2. The van der Waals surface area contributed by atoms with Crippen LogP contribution in [0.15, 0.2) is 11.1 Å². The highest BCUT2D eigenvalue weighted by atomic mass is 32.2. The van der Waals surface area contributed by atoms with Gasteiger partial charge >= 0.3 is 5.51 Å². The van der Waals surface area contributed by atoms with Gasteiger partial charge in [0.15, 0.2) is 16.6 Å². The fraction of sp³-hybridized carbons (Fsp3) is 0.500. The highest BCUT2D eigenvalue weighted by molar-refractivity contribution is 7.85. The molecule has 0 radical (unpaired) electrons. The third kappa shape index (κ3) is 4.11. The number of H-pyrrole nitrogens is 1. The second-order valence-corrected chi connectivity index (χ2v) is 4.46. The number of aromatic nitrogens is 2. The second-order valence-electron chi connectivity index (χ2n) is 3.02. The van der Waals surface area contributed by atoms with Crippen LogP contribution in [-0.2, 0) is 20.3 Å². The average molecular weight is 285 g/mol. The summed E-state index contributed by atoms with van der Waals surface area (Å²) in [6, 6.07) is 0.855. The number of halogens is 3. The highest BCUT2D eigenvalue weighted by Gasteiger charge is 2.39. The van der Waals surface area contributed by atoms with Crippen molar-refractivity contribution in [3.63, 3.8) is 0 Å². The monoisotopic (exact) mass is 285 g/mol. The topological polar surface area (TPSA) is 84.1 Å². The summed E-state index contributed by atoms with van der Waals surface area (Å²) in [5, 5.41) is 6.91. The van der Waals surface area contributed by atoms with Crippen LogP contribution in [0.5, 0.6) is 0 Å². The van der Waals surface area contributed by atoms with Crippen LogP contribution in [0.4, 0.5) is 19.0 Å². The maximum absolute atomic E-state index is 12.1. The molecule has 1 aromatic rings. The molecule has 0 fully saturated rings. The molecular formula is C8H10F3N3O3S. The van der Waals surface area contributed by atoms with E-state index in [1.807, 2.05) is 5.10 Å². The normalized spacial score (nSPS) is 13.3. The summed E-state index contributed by atoms with van der Waals surface area (Å²) in [4.78, 5) is 11.2. The lowest BCUT2D eigenvalue weighted by molar-refractivity contribution is -0.120. The van der Waals surface area contributed by atoms with Crippen LogP contribution in [0.1, 0.15) is 6.92 Å². The molecule has 1 atom stereocenters. The summed E-state index contributed by atoms with van der Waals surface area (Å²) in [7, 11) is -3.20. The van der Waals surface area contributed by atoms with Gasteiger partial charge < -0.3 is 10.1 Å². The van der Waals surface area contributed by atoms with Gasteiger partial charge in [0.1, 0.15) is 11.6 Å². The molecule has 0 bridgehead atoms. The Bertz CT molecular complexity index is 446. The van der Waals surface area contributed by atoms with Gasteiger partial charge in [0.05, 0.1) is 0 Å². The van der Waals surface area contributed by atoms with E-state index in [0.29, 0.717) is 6.61 Å². The van der Waals surface area contributed by atoms with Crippen LogP contribution < -0.4 is 5.32 Å². The van der Waals surface area contributed by atoms with Gasteiger partial charge in [-0.05, 0) is 6.92 Å². The first-order chi connectivity index (χ1) is 8.34. The van der Waals surface area contributed by atoms with E-state index in [4.69, 9.17) is 4.74 Å². The van der Waals surface area contributed by atoms with Gasteiger partial charge in [0.2, 0.25) is 0 Å². The molecule has 102 valence electrons. The van der Waals surface area contributed by atoms with Gasteiger partial charge in [-0.15, -0.1) is 0 Å². The largest absolute Gasteiger partial charge is 0.477 e. The first-order valence-corrected chi connectivity index (χ1v) is 5.91. The van der Waals surface area contributed by atoms with Crippen molar-refractivity contribution in [3.05, 3.63) is 6.07 Å². The molecule has 1 amide bonds. The summed E-state index contributed by atoms with van der Waals surface area (Å²) in [5.41, 5.74) is -4.88. The first kappa shape index (κ1) is 14.6. The van der Waals surface area contributed by atoms with E-state index >= 15 is 0 Å². The van der Waals surface area contributed by atoms with Gasteiger partial charge in [-0.2, -0.15) is 18.3 Å². The molecule has 0 aliphatic rings. The summed E-state index contributed by atoms with van der Waals surface area (Å²) >= 11 is 0. The van der Waals surface area contributed by atoms with Crippen LogP contribution in [0.2, 0.25) is 0 Å². The summed E-state index contributed by atoms with van der Waals surface area (Å²) in [5.74, 6) is -0.708. The zero-order valence-electron chi connectivity index (χ0n) is 9.21. The molecule has 1 unspecified atom stereocenters. The lowest BCUT2D eigenvalue weighted by Crippen LogP contribution is -2.18. The number of alkyl halides is 3. The standard InChI is InChI=1S/C8H10F3N3O3S/c1-2-17-4-6(15)12-5-3-7(14-13-5)18(16)8(9,10)11/h3H,2,4H2,1H3,(H2,12,13,14,15). The van der Waals surface area contributed by atoms with Gasteiger partial charge in [-0.1, -0.05) is 0 Å². The Labute approximate surface area is 102 Å².